The summed E-state index contributed by atoms with van der Waals surface area (Å²) < 4.78 is 1.66. The zero-order valence-corrected chi connectivity index (χ0v) is 9.96. The van der Waals surface area contributed by atoms with Gasteiger partial charge in [-0.2, -0.15) is 5.10 Å². The standard InChI is InChI=1S/C11H18N4O2/c1-15-7-13-10(14-15)6-12-9-4-2-3-8(5-9)11(16)17/h7-9,12H,2-6H2,1H3,(H,16,17). The fraction of sp³-hybridized carbons (Fsp3) is 0.727. The zero-order valence-electron chi connectivity index (χ0n) is 9.96. The lowest BCUT2D eigenvalue weighted by atomic mass is 9.86. The Kier molecular flexibility index (Phi) is 3.73. The number of nitrogens with one attached hydrogen (secondary N) is 1. The Morgan fingerprint density at radius 2 is 2.47 bits per heavy atom. The molecule has 94 valence electrons. The maximum Gasteiger partial charge on any atom is 0.306 e. The number of nitrogens with zero attached hydrogens (tertiary/aromatic N) is 3. The Morgan fingerprint density at radius 3 is 3.12 bits per heavy atom. The van der Waals surface area contributed by atoms with E-state index >= 15 is 0 Å². The van der Waals surface area contributed by atoms with Crippen LogP contribution in [0, 0.1) is 5.92 Å². The maximum atomic E-state index is 10.9. The second kappa shape index (κ2) is 5.27. The Hall–Kier alpha value is -1.43. The lowest BCUT2D eigenvalue weighted by Crippen LogP contribution is -2.36. The average Bonchev–Trinajstić information content (AvgIpc) is 2.73. The molecule has 1 aromatic heterocycles. The monoisotopic (exact) mass is 238 g/mol. The van der Waals surface area contributed by atoms with Gasteiger partial charge >= 0.3 is 5.97 Å². The van der Waals surface area contributed by atoms with Crippen molar-refractivity contribution in [3.05, 3.63) is 12.2 Å². The van der Waals surface area contributed by atoms with Crippen LogP contribution in [0.4, 0.5) is 0 Å². The minimum atomic E-state index is -0.674. The average molecular weight is 238 g/mol. The van der Waals surface area contributed by atoms with Gasteiger partial charge in [-0.25, -0.2) is 4.98 Å². The molecule has 0 aromatic carbocycles. The molecule has 0 radical (unpaired) electrons. The van der Waals surface area contributed by atoms with Crippen molar-refractivity contribution in [2.75, 3.05) is 0 Å². The van der Waals surface area contributed by atoms with Gasteiger partial charge in [0.25, 0.3) is 0 Å². The molecule has 0 spiro atoms. The lowest BCUT2D eigenvalue weighted by Gasteiger charge is -2.27. The molecule has 0 amide bonds. The third-order valence-corrected chi connectivity index (χ3v) is 3.22. The number of carboxylic acids is 1. The van der Waals surface area contributed by atoms with Crippen molar-refractivity contribution in [1.29, 1.82) is 0 Å². The van der Waals surface area contributed by atoms with Gasteiger partial charge in [0.1, 0.15) is 6.33 Å². The van der Waals surface area contributed by atoms with E-state index in [-0.39, 0.29) is 12.0 Å². The third-order valence-electron chi connectivity index (χ3n) is 3.22. The number of aromatic nitrogens is 3. The minimum Gasteiger partial charge on any atom is -0.481 e. The van der Waals surface area contributed by atoms with Crippen LogP contribution in [0.2, 0.25) is 0 Å². The third kappa shape index (κ3) is 3.26. The van der Waals surface area contributed by atoms with Crippen LogP contribution in [0.1, 0.15) is 31.5 Å². The second-order valence-electron chi connectivity index (χ2n) is 4.61. The molecule has 0 bridgehead atoms. The SMILES string of the molecule is Cn1cnc(CNC2CCCC(C(=O)O)C2)n1. The highest BCUT2D eigenvalue weighted by Crippen LogP contribution is 2.24. The Balaban J connectivity index is 1.81. The van der Waals surface area contributed by atoms with Gasteiger partial charge in [-0.05, 0) is 19.3 Å². The molecule has 1 aromatic rings. The van der Waals surface area contributed by atoms with Crippen molar-refractivity contribution >= 4 is 5.97 Å². The molecular formula is C11H18N4O2. The topological polar surface area (TPSA) is 80.0 Å². The first-order valence-corrected chi connectivity index (χ1v) is 5.96. The molecule has 1 fully saturated rings. The first-order chi connectivity index (χ1) is 8.15. The number of hydrogen-bond acceptors (Lipinski definition) is 4. The van der Waals surface area contributed by atoms with E-state index in [9.17, 15) is 4.79 Å². The van der Waals surface area contributed by atoms with Gasteiger partial charge in [0, 0.05) is 13.1 Å². The van der Waals surface area contributed by atoms with Crippen LogP contribution in [0.25, 0.3) is 0 Å². The van der Waals surface area contributed by atoms with Crippen LogP contribution in [0.3, 0.4) is 0 Å². The van der Waals surface area contributed by atoms with Gasteiger partial charge in [-0.15, -0.1) is 0 Å². The van der Waals surface area contributed by atoms with E-state index in [2.05, 4.69) is 15.4 Å². The van der Waals surface area contributed by atoms with E-state index in [1.165, 1.54) is 0 Å². The summed E-state index contributed by atoms with van der Waals surface area (Å²) >= 11 is 0. The fourth-order valence-electron chi connectivity index (χ4n) is 2.30. The predicted octanol–water partition coefficient (Wildman–Crippen LogP) is 0.548. The summed E-state index contributed by atoms with van der Waals surface area (Å²) in [5, 5.41) is 16.5. The van der Waals surface area contributed by atoms with Crippen LogP contribution in [0.15, 0.2) is 6.33 Å². The fourth-order valence-corrected chi connectivity index (χ4v) is 2.30. The highest BCUT2D eigenvalue weighted by atomic mass is 16.4. The predicted molar refractivity (Wildman–Crippen MR) is 61.2 cm³/mol. The molecule has 2 N–H and O–H groups in total. The highest BCUT2D eigenvalue weighted by Gasteiger charge is 2.26. The van der Waals surface area contributed by atoms with Gasteiger partial charge in [0.15, 0.2) is 5.82 Å². The molecule has 1 saturated carbocycles. The number of carbonyl (C=O) groups is 1. The quantitative estimate of drug-likeness (QED) is 0.800. The Labute approximate surface area is 100 Å². The molecule has 1 aliphatic carbocycles. The highest BCUT2D eigenvalue weighted by molar-refractivity contribution is 5.70. The second-order valence-corrected chi connectivity index (χ2v) is 4.61. The van der Waals surface area contributed by atoms with E-state index in [1.807, 2.05) is 7.05 Å². The Morgan fingerprint density at radius 1 is 1.65 bits per heavy atom. The molecular weight excluding hydrogens is 220 g/mol. The van der Waals surface area contributed by atoms with Gasteiger partial charge in [-0.1, -0.05) is 6.42 Å². The van der Waals surface area contributed by atoms with E-state index < -0.39 is 5.97 Å². The number of aliphatic carboxylic acids is 1. The summed E-state index contributed by atoms with van der Waals surface area (Å²) in [5.74, 6) is -0.115. The van der Waals surface area contributed by atoms with Crippen LogP contribution < -0.4 is 5.32 Å². The Bertz CT molecular complexity index is 391. The van der Waals surface area contributed by atoms with E-state index in [4.69, 9.17) is 5.11 Å². The van der Waals surface area contributed by atoms with Crippen LogP contribution in [0.5, 0.6) is 0 Å². The van der Waals surface area contributed by atoms with Crippen molar-refractivity contribution in [3.63, 3.8) is 0 Å². The molecule has 0 aliphatic heterocycles. The lowest BCUT2D eigenvalue weighted by molar-refractivity contribution is -0.143. The number of carboxylic acid groups (broad SMARTS) is 1. The number of aryl methyl sites for hydroxylation is 1. The molecule has 6 heteroatoms. The normalized spacial score (nSPS) is 24.8. The van der Waals surface area contributed by atoms with Gasteiger partial charge in [-0.3, -0.25) is 9.48 Å². The molecule has 1 aliphatic rings. The van der Waals surface area contributed by atoms with E-state index in [0.29, 0.717) is 13.0 Å². The summed E-state index contributed by atoms with van der Waals surface area (Å²) in [6.45, 7) is 0.609. The first-order valence-electron chi connectivity index (χ1n) is 5.96. The zero-order chi connectivity index (χ0) is 12.3. The first kappa shape index (κ1) is 12.0. The van der Waals surface area contributed by atoms with Gasteiger partial charge in [0.05, 0.1) is 12.5 Å². The molecule has 6 nitrogen and oxygen atoms in total. The van der Waals surface area contributed by atoms with Crippen molar-refractivity contribution in [2.24, 2.45) is 13.0 Å². The molecule has 2 unspecified atom stereocenters. The maximum absolute atomic E-state index is 10.9. The van der Waals surface area contributed by atoms with Crippen molar-refractivity contribution < 1.29 is 9.90 Å². The molecule has 2 atom stereocenters. The molecule has 2 rings (SSSR count). The minimum absolute atomic E-state index is 0.196. The summed E-state index contributed by atoms with van der Waals surface area (Å²) in [5.41, 5.74) is 0. The summed E-state index contributed by atoms with van der Waals surface area (Å²) in [6, 6.07) is 0.272. The summed E-state index contributed by atoms with van der Waals surface area (Å²) in [4.78, 5) is 15.0. The van der Waals surface area contributed by atoms with Gasteiger partial charge < -0.3 is 10.4 Å². The van der Waals surface area contributed by atoms with Crippen LogP contribution >= 0.6 is 0 Å². The van der Waals surface area contributed by atoms with Crippen LogP contribution in [-0.4, -0.2) is 31.9 Å². The van der Waals surface area contributed by atoms with Crippen molar-refractivity contribution in [2.45, 2.75) is 38.3 Å². The van der Waals surface area contributed by atoms with E-state index in [1.54, 1.807) is 11.0 Å². The van der Waals surface area contributed by atoms with Crippen molar-refractivity contribution in [1.82, 2.24) is 20.1 Å². The number of rotatable bonds is 4. The smallest absolute Gasteiger partial charge is 0.306 e. The molecule has 1 heterocycles. The summed E-state index contributed by atoms with van der Waals surface area (Å²) in [7, 11) is 1.83. The van der Waals surface area contributed by atoms with Gasteiger partial charge in [0.2, 0.25) is 0 Å². The molecule has 0 saturated heterocycles. The molecule has 17 heavy (non-hydrogen) atoms. The van der Waals surface area contributed by atoms with E-state index in [0.717, 1.165) is 25.1 Å². The summed E-state index contributed by atoms with van der Waals surface area (Å²) in [6.07, 6.45) is 5.19. The van der Waals surface area contributed by atoms with Crippen LogP contribution in [-0.2, 0) is 18.4 Å². The number of hydrogen-bond donors (Lipinski definition) is 2. The largest absolute Gasteiger partial charge is 0.481 e. The van der Waals surface area contributed by atoms with Crippen molar-refractivity contribution in [3.8, 4) is 0 Å².